The van der Waals surface area contributed by atoms with Crippen LogP contribution in [0, 0.1) is 0 Å². The summed E-state index contributed by atoms with van der Waals surface area (Å²) in [5, 5.41) is 12.4. The molecule has 0 saturated carbocycles. The van der Waals surface area contributed by atoms with Crippen molar-refractivity contribution in [1.29, 1.82) is 0 Å². The van der Waals surface area contributed by atoms with E-state index in [0.717, 1.165) is 34.4 Å². The first-order valence-electron chi connectivity index (χ1n) is 15.0. The fraction of sp³-hybridized carbons (Fsp3) is 0.286. The number of amides is 1. The van der Waals surface area contributed by atoms with Crippen molar-refractivity contribution >= 4 is 21.4 Å². The largest absolute Gasteiger partial charge is 0.430 e. The average Bonchev–Trinajstić information content (AvgIpc) is 3.54. The zero-order chi connectivity index (χ0) is 35.6. The smallest absolute Gasteiger partial charge is 0.384 e. The number of aliphatic hydroxyl groups is 1. The van der Waals surface area contributed by atoms with Gasteiger partial charge in [-0.2, -0.15) is 26.3 Å². The maximum atomic E-state index is 14.4. The zero-order valence-corrected chi connectivity index (χ0v) is 26.9. The second kappa shape index (κ2) is 12.0. The van der Waals surface area contributed by atoms with Crippen molar-refractivity contribution in [2.24, 2.45) is 0 Å². The number of hydrogen-bond acceptors (Lipinski definition) is 6. The first kappa shape index (κ1) is 34.6. The Kier molecular flexibility index (Phi) is 8.46. The van der Waals surface area contributed by atoms with E-state index in [-0.39, 0.29) is 29.5 Å². The van der Waals surface area contributed by atoms with Gasteiger partial charge >= 0.3 is 12.4 Å². The highest BCUT2D eigenvalue weighted by atomic mass is 32.2. The number of anilines is 1. The lowest BCUT2D eigenvalue weighted by Crippen LogP contribution is -2.53. The Morgan fingerprint density at radius 2 is 1.45 bits per heavy atom. The molecule has 258 valence electrons. The van der Waals surface area contributed by atoms with Crippen molar-refractivity contribution in [3.05, 3.63) is 119 Å². The summed E-state index contributed by atoms with van der Waals surface area (Å²) < 4.78 is 112. The molecule has 1 aliphatic heterocycles. The molecular weight excluding hydrogens is 674 g/mol. The Bertz CT molecular complexity index is 1970. The first-order valence-corrected chi connectivity index (χ1v) is 16.7. The molecule has 14 heteroatoms. The minimum Gasteiger partial charge on any atom is -0.384 e. The number of fused-ring (bicyclic) bond motifs is 4. The maximum Gasteiger partial charge on any atom is 0.430 e. The van der Waals surface area contributed by atoms with Gasteiger partial charge in [0, 0.05) is 24.9 Å². The van der Waals surface area contributed by atoms with Crippen LogP contribution in [0.5, 0.6) is 0 Å². The van der Waals surface area contributed by atoms with Crippen LogP contribution in [-0.4, -0.2) is 56.2 Å². The molecule has 2 aliphatic rings. The van der Waals surface area contributed by atoms with Gasteiger partial charge in [-0.15, -0.1) is 0 Å². The molecule has 1 aliphatic carbocycles. The van der Waals surface area contributed by atoms with Crippen LogP contribution < -0.4 is 5.32 Å². The molecule has 0 radical (unpaired) electrons. The number of carbonyl (C=O) groups excluding carboxylic acids is 1. The van der Waals surface area contributed by atoms with Gasteiger partial charge < -0.3 is 15.2 Å². The summed E-state index contributed by atoms with van der Waals surface area (Å²) in [7, 11) is -2.36. The molecule has 0 spiro atoms. The Balaban J connectivity index is 1.43. The molecule has 7 nitrogen and oxygen atoms in total. The van der Waals surface area contributed by atoms with E-state index in [2.05, 4.69) is 5.32 Å². The van der Waals surface area contributed by atoms with Gasteiger partial charge in [0.05, 0.1) is 23.3 Å². The second-order valence-electron chi connectivity index (χ2n) is 12.1. The summed E-state index contributed by atoms with van der Waals surface area (Å²) in [5.74, 6) is -0.932. The third-order valence-corrected chi connectivity index (χ3v) is 11.0. The predicted octanol–water partition coefficient (Wildman–Crippen LogP) is 6.86. The second-order valence-corrected chi connectivity index (χ2v) is 14.3. The Morgan fingerprint density at radius 3 is 1.98 bits per heavy atom. The molecule has 49 heavy (non-hydrogen) atoms. The summed E-state index contributed by atoms with van der Waals surface area (Å²) in [5.41, 5.74) is -3.53. The van der Waals surface area contributed by atoms with Gasteiger partial charge in [0.1, 0.15) is 5.54 Å². The van der Waals surface area contributed by atoms with Crippen LogP contribution in [0.15, 0.2) is 95.9 Å². The molecule has 4 aromatic carbocycles. The maximum absolute atomic E-state index is 14.4. The minimum absolute atomic E-state index is 0.0244. The molecule has 0 aromatic heterocycles. The van der Waals surface area contributed by atoms with Crippen LogP contribution >= 0.6 is 0 Å². The number of nitrogens with zero attached hydrogens (tertiary/aromatic N) is 1. The Morgan fingerprint density at radius 1 is 0.898 bits per heavy atom. The van der Waals surface area contributed by atoms with Crippen molar-refractivity contribution in [3.63, 3.8) is 0 Å². The third-order valence-electron chi connectivity index (χ3n) is 9.37. The van der Waals surface area contributed by atoms with Crippen molar-refractivity contribution < 1.29 is 49.4 Å². The number of alkyl halides is 6. The Labute approximate surface area is 278 Å². The van der Waals surface area contributed by atoms with Gasteiger partial charge in [-0.3, -0.25) is 9.69 Å². The van der Waals surface area contributed by atoms with Crippen molar-refractivity contribution in [1.82, 2.24) is 4.90 Å². The molecule has 1 unspecified atom stereocenters. The molecule has 4 aromatic rings. The zero-order valence-electron chi connectivity index (χ0n) is 26.1. The van der Waals surface area contributed by atoms with Gasteiger partial charge in [-0.1, -0.05) is 66.7 Å². The third kappa shape index (κ3) is 5.50. The van der Waals surface area contributed by atoms with Gasteiger partial charge in [0.15, 0.2) is 9.84 Å². The number of rotatable bonds is 8. The standard InChI is InChI=1S/C35H30F6N2O5S/c1-32(31(44)42-23-13-11-22(12-14-23)33(45,34(36,37)38)35(39,40)41)29-16-15-24(49(46,47)18-17-48-2)19-21(29)20-43(32)30-27-9-5-3-7-25(27)26-8-4-6-10-28(26)30/h3-16,19,30,45H,17-18,20H2,1-2H3,(H,42,44). The van der Waals surface area contributed by atoms with Crippen LogP contribution in [0.3, 0.4) is 0 Å². The summed E-state index contributed by atoms with van der Waals surface area (Å²) in [6.45, 7) is 1.74. The number of ether oxygens (including phenoxy) is 1. The quantitative estimate of drug-likeness (QED) is 0.195. The molecule has 0 fully saturated rings. The van der Waals surface area contributed by atoms with Crippen LogP contribution in [0.1, 0.15) is 40.8 Å². The van der Waals surface area contributed by atoms with E-state index in [1.54, 1.807) is 13.0 Å². The fourth-order valence-corrected chi connectivity index (χ4v) is 8.00. The number of halogens is 6. The van der Waals surface area contributed by atoms with Gasteiger partial charge in [0.2, 0.25) is 5.91 Å². The number of methoxy groups -OCH3 is 1. The molecule has 1 heterocycles. The van der Waals surface area contributed by atoms with Crippen LogP contribution in [0.4, 0.5) is 32.0 Å². The van der Waals surface area contributed by atoms with E-state index in [1.165, 1.54) is 19.2 Å². The predicted molar refractivity (Wildman–Crippen MR) is 168 cm³/mol. The highest BCUT2D eigenvalue weighted by molar-refractivity contribution is 7.91. The SMILES string of the molecule is COCCS(=O)(=O)c1ccc2c(c1)CN(C1c3ccccc3-c3ccccc31)C2(C)C(=O)Nc1ccc(C(O)(C(F)(F)F)C(F)(F)F)cc1. The lowest BCUT2D eigenvalue weighted by atomic mass is 9.88. The first-order chi connectivity index (χ1) is 22.9. The van der Waals surface area contributed by atoms with Crippen molar-refractivity contribution in [2.75, 3.05) is 24.8 Å². The summed E-state index contributed by atoms with van der Waals surface area (Å²) in [6.07, 6.45) is -12.1. The lowest BCUT2D eigenvalue weighted by molar-refractivity contribution is -0.376. The summed E-state index contributed by atoms with van der Waals surface area (Å²) in [4.78, 5) is 16.4. The van der Waals surface area contributed by atoms with Gasteiger partial charge in [-0.25, -0.2) is 8.42 Å². The average molecular weight is 705 g/mol. The van der Waals surface area contributed by atoms with Crippen LogP contribution in [0.25, 0.3) is 11.1 Å². The van der Waals surface area contributed by atoms with Gasteiger partial charge in [-0.05, 0) is 64.6 Å². The molecule has 2 N–H and O–H groups in total. The summed E-state index contributed by atoms with van der Waals surface area (Å²) in [6, 6.07) is 21.9. The monoisotopic (exact) mass is 704 g/mol. The molecule has 1 atom stereocenters. The highest BCUT2D eigenvalue weighted by Crippen LogP contribution is 2.54. The number of benzene rings is 4. The van der Waals surface area contributed by atoms with Gasteiger partial charge in [0.25, 0.3) is 5.60 Å². The van der Waals surface area contributed by atoms with E-state index in [4.69, 9.17) is 4.74 Å². The molecular formula is C35H30F6N2O5S. The lowest BCUT2D eigenvalue weighted by Gasteiger charge is -2.39. The topological polar surface area (TPSA) is 95.9 Å². The number of carbonyl (C=O) groups is 1. The van der Waals surface area contributed by atoms with Crippen LogP contribution in [-0.2, 0) is 37.1 Å². The Hall–Kier alpha value is -4.24. The van der Waals surface area contributed by atoms with Crippen LogP contribution in [0.2, 0.25) is 0 Å². The molecule has 1 amide bonds. The molecule has 0 saturated heterocycles. The minimum atomic E-state index is -6.07. The van der Waals surface area contributed by atoms with Crippen molar-refractivity contribution in [2.45, 2.75) is 47.9 Å². The van der Waals surface area contributed by atoms with E-state index in [1.807, 2.05) is 53.4 Å². The molecule has 0 bridgehead atoms. The van der Waals surface area contributed by atoms with E-state index in [0.29, 0.717) is 23.3 Å². The van der Waals surface area contributed by atoms with E-state index < -0.39 is 50.8 Å². The molecule has 6 rings (SSSR count). The van der Waals surface area contributed by atoms with E-state index >= 15 is 0 Å². The summed E-state index contributed by atoms with van der Waals surface area (Å²) >= 11 is 0. The normalized spacial score (nSPS) is 18.2. The number of sulfone groups is 1. The van der Waals surface area contributed by atoms with Crippen molar-refractivity contribution in [3.8, 4) is 11.1 Å². The fourth-order valence-electron chi connectivity index (χ4n) is 6.78. The number of nitrogens with one attached hydrogen (secondary N) is 1. The van der Waals surface area contributed by atoms with E-state index in [9.17, 15) is 44.7 Å². The number of hydrogen-bond donors (Lipinski definition) is 2. The highest BCUT2D eigenvalue weighted by Gasteiger charge is 2.71.